The first-order valence-electron chi connectivity index (χ1n) is 8.43. The van der Waals surface area contributed by atoms with Gasteiger partial charge in [0.1, 0.15) is 4.83 Å². The highest BCUT2D eigenvalue weighted by Crippen LogP contribution is 2.21. The van der Waals surface area contributed by atoms with E-state index in [-0.39, 0.29) is 17.5 Å². The van der Waals surface area contributed by atoms with Gasteiger partial charge in [-0.05, 0) is 31.4 Å². The van der Waals surface area contributed by atoms with Crippen LogP contribution in [-0.4, -0.2) is 21.1 Å². The van der Waals surface area contributed by atoms with Crippen molar-refractivity contribution in [2.24, 2.45) is 14.1 Å². The molecule has 0 radical (unpaired) electrons. The third-order valence-electron chi connectivity index (χ3n) is 4.44. The van der Waals surface area contributed by atoms with Crippen molar-refractivity contribution in [2.45, 2.75) is 25.8 Å². The molecule has 1 N–H and O–H groups in total. The average molecular weight is 371 g/mol. The van der Waals surface area contributed by atoms with Gasteiger partial charge >= 0.3 is 5.69 Å². The Bertz CT molecular complexity index is 1060. The van der Waals surface area contributed by atoms with E-state index in [1.54, 1.807) is 13.1 Å². The number of aryl methyl sites for hydroxylation is 2. The van der Waals surface area contributed by atoms with Crippen LogP contribution in [0.4, 0.5) is 0 Å². The van der Waals surface area contributed by atoms with Crippen LogP contribution in [0.15, 0.2) is 46.0 Å². The summed E-state index contributed by atoms with van der Waals surface area (Å²) in [4.78, 5) is 37.7. The van der Waals surface area contributed by atoms with Gasteiger partial charge in [-0.15, -0.1) is 11.3 Å². The highest BCUT2D eigenvalue weighted by Gasteiger charge is 2.17. The first-order chi connectivity index (χ1) is 12.4. The zero-order valence-corrected chi connectivity index (χ0v) is 15.8. The Hall–Kier alpha value is -2.67. The summed E-state index contributed by atoms with van der Waals surface area (Å²) >= 11 is 1.16. The molecule has 6 nitrogen and oxygen atoms in total. The maximum absolute atomic E-state index is 12.5. The Balaban J connectivity index is 1.76. The fourth-order valence-electron chi connectivity index (χ4n) is 2.87. The molecular weight excluding hydrogens is 350 g/mol. The van der Waals surface area contributed by atoms with Crippen molar-refractivity contribution in [3.63, 3.8) is 0 Å². The topological polar surface area (TPSA) is 73.1 Å². The van der Waals surface area contributed by atoms with Gasteiger partial charge < -0.3 is 5.32 Å². The van der Waals surface area contributed by atoms with E-state index in [4.69, 9.17) is 0 Å². The number of carbonyl (C=O) groups is 1. The lowest BCUT2D eigenvalue weighted by Crippen LogP contribution is -2.36. The highest BCUT2D eigenvalue weighted by molar-refractivity contribution is 7.20. The van der Waals surface area contributed by atoms with Gasteiger partial charge in [0.05, 0.1) is 10.3 Å². The summed E-state index contributed by atoms with van der Waals surface area (Å²) in [5, 5.41) is 3.36. The van der Waals surface area contributed by atoms with Crippen molar-refractivity contribution in [1.82, 2.24) is 14.5 Å². The average Bonchev–Trinajstić information content (AvgIpc) is 3.09. The molecule has 0 unspecified atom stereocenters. The van der Waals surface area contributed by atoms with Crippen LogP contribution < -0.4 is 16.6 Å². The van der Waals surface area contributed by atoms with Crippen molar-refractivity contribution < 1.29 is 4.79 Å². The van der Waals surface area contributed by atoms with E-state index >= 15 is 0 Å². The lowest BCUT2D eigenvalue weighted by molar-refractivity contribution is 0.0942. The van der Waals surface area contributed by atoms with Crippen molar-refractivity contribution in [3.8, 4) is 0 Å². The van der Waals surface area contributed by atoms with Crippen molar-refractivity contribution >= 4 is 27.5 Å². The molecule has 0 bridgehead atoms. The molecule has 1 aromatic carbocycles. The van der Waals surface area contributed by atoms with Crippen LogP contribution in [0.1, 0.15) is 28.6 Å². The molecule has 0 saturated carbocycles. The monoisotopic (exact) mass is 371 g/mol. The molecular formula is C19H21N3O3S. The summed E-state index contributed by atoms with van der Waals surface area (Å²) in [6, 6.07) is 11.7. The largest absolute Gasteiger partial charge is 0.349 e. The van der Waals surface area contributed by atoms with E-state index in [0.29, 0.717) is 15.1 Å². The summed E-state index contributed by atoms with van der Waals surface area (Å²) in [7, 11) is 3.04. The molecule has 26 heavy (non-hydrogen) atoms. The first-order valence-corrected chi connectivity index (χ1v) is 9.24. The number of hydrogen-bond acceptors (Lipinski definition) is 4. The van der Waals surface area contributed by atoms with Gasteiger partial charge in [0.25, 0.3) is 11.5 Å². The Morgan fingerprint density at radius 1 is 1.15 bits per heavy atom. The quantitative estimate of drug-likeness (QED) is 0.746. The van der Waals surface area contributed by atoms with Gasteiger partial charge in [0, 0.05) is 20.1 Å². The Kier molecular flexibility index (Phi) is 5.08. The number of nitrogens with one attached hydrogen (secondary N) is 1. The normalized spacial score (nSPS) is 12.3. The number of aromatic nitrogens is 2. The third-order valence-corrected chi connectivity index (χ3v) is 5.65. The molecule has 3 aromatic rings. The van der Waals surface area contributed by atoms with E-state index in [0.717, 1.165) is 28.7 Å². The zero-order chi connectivity index (χ0) is 18.8. The van der Waals surface area contributed by atoms with Crippen LogP contribution in [0.5, 0.6) is 0 Å². The molecule has 2 aromatic heterocycles. The highest BCUT2D eigenvalue weighted by atomic mass is 32.1. The maximum atomic E-state index is 12.5. The number of carbonyl (C=O) groups excluding carboxylic acids is 1. The second-order valence-electron chi connectivity index (χ2n) is 6.43. The molecule has 0 aliphatic carbocycles. The Morgan fingerprint density at radius 3 is 2.54 bits per heavy atom. The number of nitrogens with zero attached hydrogens (tertiary/aromatic N) is 2. The van der Waals surface area contributed by atoms with E-state index < -0.39 is 5.69 Å². The lowest BCUT2D eigenvalue weighted by Gasteiger charge is -2.13. The van der Waals surface area contributed by atoms with Crippen molar-refractivity contribution in [2.75, 3.05) is 0 Å². The minimum absolute atomic E-state index is 0.000397. The maximum Gasteiger partial charge on any atom is 0.331 e. The fourth-order valence-corrected chi connectivity index (χ4v) is 3.88. The molecule has 0 aliphatic rings. The predicted octanol–water partition coefficient (Wildman–Crippen LogP) is 2.05. The fraction of sp³-hybridized carbons (Fsp3) is 0.316. The second kappa shape index (κ2) is 7.29. The van der Waals surface area contributed by atoms with E-state index in [2.05, 4.69) is 17.4 Å². The number of thiophene rings is 1. The summed E-state index contributed by atoms with van der Waals surface area (Å²) < 4.78 is 2.45. The van der Waals surface area contributed by atoms with Gasteiger partial charge in [-0.25, -0.2) is 4.79 Å². The summed E-state index contributed by atoms with van der Waals surface area (Å²) in [6.45, 7) is 1.96. The second-order valence-corrected chi connectivity index (χ2v) is 7.46. The van der Waals surface area contributed by atoms with E-state index in [9.17, 15) is 14.4 Å². The molecule has 3 rings (SSSR count). The molecule has 136 valence electrons. The molecule has 1 atom stereocenters. The zero-order valence-electron chi connectivity index (χ0n) is 15.0. The molecule has 2 heterocycles. The van der Waals surface area contributed by atoms with Crippen LogP contribution in [0.25, 0.3) is 10.2 Å². The Morgan fingerprint density at radius 2 is 1.85 bits per heavy atom. The molecule has 0 saturated heterocycles. The van der Waals surface area contributed by atoms with Crippen LogP contribution in [-0.2, 0) is 20.5 Å². The number of rotatable bonds is 5. The summed E-state index contributed by atoms with van der Waals surface area (Å²) in [6.07, 6.45) is 1.70. The standard InChI is InChI=1S/C19H21N3O3S/c1-12(9-10-13-7-5-4-6-8-13)20-16(23)15-11-14-17(24)21(2)19(25)22(3)18(14)26-15/h4-8,11-12H,9-10H2,1-3H3,(H,20,23)/t12-/m1/s1. The first kappa shape index (κ1) is 18.1. The SMILES string of the molecule is C[C@H](CCc1ccccc1)NC(=O)c1cc2c(=O)n(C)c(=O)n(C)c2s1. The third kappa shape index (κ3) is 3.48. The number of hydrogen-bond donors (Lipinski definition) is 1. The number of fused-ring (bicyclic) bond motifs is 1. The van der Waals surface area contributed by atoms with Crippen molar-refractivity contribution in [1.29, 1.82) is 0 Å². The van der Waals surface area contributed by atoms with Gasteiger partial charge in [-0.2, -0.15) is 0 Å². The molecule has 0 spiro atoms. The summed E-state index contributed by atoms with van der Waals surface area (Å²) in [5.41, 5.74) is 0.456. The van der Waals surface area contributed by atoms with E-state index in [1.165, 1.54) is 17.2 Å². The van der Waals surface area contributed by atoms with Crippen LogP contribution >= 0.6 is 11.3 Å². The lowest BCUT2D eigenvalue weighted by atomic mass is 10.1. The van der Waals surface area contributed by atoms with E-state index in [1.807, 2.05) is 25.1 Å². The van der Waals surface area contributed by atoms with Crippen LogP contribution in [0, 0.1) is 0 Å². The van der Waals surface area contributed by atoms with Gasteiger partial charge in [-0.3, -0.25) is 18.7 Å². The van der Waals surface area contributed by atoms with Gasteiger partial charge in [-0.1, -0.05) is 30.3 Å². The molecule has 0 aliphatic heterocycles. The number of benzene rings is 1. The molecule has 0 fully saturated rings. The molecule has 1 amide bonds. The predicted molar refractivity (Wildman–Crippen MR) is 104 cm³/mol. The summed E-state index contributed by atoms with van der Waals surface area (Å²) in [5.74, 6) is -0.221. The number of amides is 1. The van der Waals surface area contributed by atoms with Gasteiger partial charge in [0.15, 0.2) is 0 Å². The smallest absolute Gasteiger partial charge is 0.331 e. The van der Waals surface area contributed by atoms with Gasteiger partial charge in [0.2, 0.25) is 0 Å². The van der Waals surface area contributed by atoms with Crippen molar-refractivity contribution in [3.05, 3.63) is 67.7 Å². The molecule has 7 heteroatoms. The minimum Gasteiger partial charge on any atom is -0.349 e. The van der Waals surface area contributed by atoms with Crippen LogP contribution in [0.2, 0.25) is 0 Å². The minimum atomic E-state index is -0.396. The Labute approximate surface area is 154 Å². The van der Waals surface area contributed by atoms with Crippen LogP contribution in [0.3, 0.4) is 0 Å².